The molecule has 22 heavy (non-hydrogen) atoms. The van der Waals surface area contributed by atoms with Gasteiger partial charge in [0.25, 0.3) is 0 Å². The highest BCUT2D eigenvalue weighted by Gasteiger charge is 2.16. The van der Waals surface area contributed by atoms with E-state index < -0.39 is 5.97 Å². The van der Waals surface area contributed by atoms with Crippen LogP contribution in [0.1, 0.15) is 15.9 Å². The lowest BCUT2D eigenvalue weighted by Crippen LogP contribution is -2.01. The molecule has 0 bridgehead atoms. The quantitative estimate of drug-likeness (QED) is 0.794. The van der Waals surface area contributed by atoms with Crippen LogP contribution >= 0.6 is 23.4 Å². The van der Waals surface area contributed by atoms with E-state index in [0.29, 0.717) is 27.2 Å². The molecule has 2 aromatic carbocycles. The summed E-state index contributed by atoms with van der Waals surface area (Å²) < 4.78 is 10.4. The summed E-state index contributed by atoms with van der Waals surface area (Å²) in [4.78, 5) is 12.0. The van der Waals surface area contributed by atoms with E-state index >= 15 is 0 Å². The van der Waals surface area contributed by atoms with Gasteiger partial charge in [-0.15, -0.1) is 11.8 Å². The van der Waals surface area contributed by atoms with Crippen LogP contribution in [0.5, 0.6) is 11.5 Å². The Morgan fingerprint density at radius 1 is 1.14 bits per heavy atom. The van der Waals surface area contributed by atoms with Crippen molar-refractivity contribution in [2.24, 2.45) is 0 Å². The summed E-state index contributed by atoms with van der Waals surface area (Å²) in [6.45, 7) is 0. The Hall–Kier alpha value is -1.85. The topological polar surface area (TPSA) is 55.8 Å². The average Bonchev–Trinajstić information content (AvgIpc) is 2.53. The summed E-state index contributed by atoms with van der Waals surface area (Å²) in [5, 5.41) is 10.0. The van der Waals surface area contributed by atoms with Crippen molar-refractivity contribution < 1.29 is 19.4 Å². The van der Waals surface area contributed by atoms with Crippen LogP contribution in [0, 0.1) is 0 Å². The number of carbonyl (C=O) groups is 1. The summed E-state index contributed by atoms with van der Waals surface area (Å²) in [7, 11) is 3.00. The summed E-state index contributed by atoms with van der Waals surface area (Å²) in [5.74, 6) is 0.536. The molecule has 0 amide bonds. The van der Waals surface area contributed by atoms with Gasteiger partial charge in [0.1, 0.15) is 0 Å². The number of hydrogen-bond donors (Lipinski definition) is 1. The molecule has 6 heteroatoms. The molecule has 0 saturated heterocycles. The minimum atomic E-state index is -1.00. The second-order valence-corrected chi connectivity index (χ2v) is 5.88. The highest BCUT2D eigenvalue weighted by Crippen LogP contribution is 2.36. The van der Waals surface area contributed by atoms with Gasteiger partial charge in [-0.25, -0.2) is 4.79 Å². The van der Waals surface area contributed by atoms with Gasteiger partial charge in [0.15, 0.2) is 11.5 Å². The van der Waals surface area contributed by atoms with Gasteiger partial charge in [-0.1, -0.05) is 23.7 Å². The molecular weight excluding hydrogens is 324 g/mol. The normalized spacial score (nSPS) is 10.3. The molecule has 0 fully saturated rings. The second kappa shape index (κ2) is 7.42. The highest BCUT2D eigenvalue weighted by molar-refractivity contribution is 7.98. The predicted molar refractivity (Wildman–Crippen MR) is 87.5 cm³/mol. The van der Waals surface area contributed by atoms with Crippen LogP contribution in [-0.2, 0) is 5.75 Å². The third-order valence-corrected chi connectivity index (χ3v) is 4.40. The molecule has 0 aromatic heterocycles. The van der Waals surface area contributed by atoms with Gasteiger partial charge in [-0.3, -0.25) is 0 Å². The van der Waals surface area contributed by atoms with Gasteiger partial charge in [0, 0.05) is 15.7 Å². The van der Waals surface area contributed by atoms with Gasteiger partial charge >= 0.3 is 5.97 Å². The Balaban J connectivity index is 2.28. The number of hydrogen-bond acceptors (Lipinski definition) is 4. The van der Waals surface area contributed by atoms with Gasteiger partial charge in [0.05, 0.1) is 19.8 Å². The van der Waals surface area contributed by atoms with E-state index in [2.05, 4.69) is 0 Å². The van der Waals surface area contributed by atoms with E-state index in [0.717, 1.165) is 5.56 Å². The fourth-order valence-corrected chi connectivity index (χ4v) is 3.02. The van der Waals surface area contributed by atoms with Crippen LogP contribution in [-0.4, -0.2) is 25.3 Å². The first-order valence-electron chi connectivity index (χ1n) is 6.41. The van der Waals surface area contributed by atoms with Crippen molar-refractivity contribution in [2.75, 3.05) is 14.2 Å². The summed E-state index contributed by atoms with van der Waals surface area (Å²) in [5.41, 5.74) is 1.25. The van der Waals surface area contributed by atoms with E-state index in [1.165, 1.54) is 32.0 Å². The minimum absolute atomic E-state index is 0.191. The molecule has 4 nitrogen and oxygen atoms in total. The van der Waals surface area contributed by atoms with Gasteiger partial charge in [0.2, 0.25) is 0 Å². The van der Waals surface area contributed by atoms with Crippen LogP contribution in [0.4, 0.5) is 0 Å². The van der Waals surface area contributed by atoms with Crippen molar-refractivity contribution in [1.82, 2.24) is 0 Å². The molecule has 1 N–H and O–H groups in total. The number of methoxy groups -OCH3 is 2. The first kappa shape index (κ1) is 16.5. The van der Waals surface area contributed by atoms with Crippen molar-refractivity contribution in [3.8, 4) is 11.5 Å². The van der Waals surface area contributed by atoms with E-state index in [-0.39, 0.29) is 5.56 Å². The largest absolute Gasteiger partial charge is 0.493 e. The molecule has 0 heterocycles. The van der Waals surface area contributed by atoms with Gasteiger partial charge in [-0.2, -0.15) is 0 Å². The van der Waals surface area contributed by atoms with Crippen LogP contribution in [0.3, 0.4) is 0 Å². The zero-order chi connectivity index (χ0) is 16.1. The average molecular weight is 339 g/mol. The zero-order valence-electron chi connectivity index (χ0n) is 12.1. The number of halogens is 1. The Bertz CT molecular complexity index is 671. The monoisotopic (exact) mass is 338 g/mol. The molecule has 0 aliphatic rings. The lowest BCUT2D eigenvalue weighted by Gasteiger charge is -2.12. The molecule has 0 saturated carbocycles. The smallest absolute Gasteiger partial charge is 0.336 e. The van der Waals surface area contributed by atoms with E-state index in [4.69, 9.17) is 21.1 Å². The van der Waals surface area contributed by atoms with Crippen molar-refractivity contribution in [3.63, 3.8) is 0 Å². The van der Waals surface area contributed by atoms with Gasteiger partial charge in [-0.05, 0) is 29.8 Å². The summed E-state index contributed by atoms with van der Waals surface area (Å²) in [6, 6.07) is 10.6. The molecule has 0 spiro atoms. The van der Waals surface area contributed by atoms with Crippen LogP contribution in [0.15, 0.2) is 41.3 Å². The lowest BCUT2D eigenvalue weighted by atomic mass is 10.2. The van der Waals surface area contributed by atoms with Crippen LogP contribution in [0.25, 0.3) is 0 Å². The number of rotatable bonds is 6. The molecule has 116 valence electrons. The fraction of sp³-hybridized carbons (Fsp3) is 0.188. The molecule has 0 unspecified atom stereocenters. The Kier molecular flexibility index (Phi) is 5.57. The first-order chi connectivity index (χ1) is 10.5. The Morgan fingerprint density at radius 2 is 1.73 bits per heavy atom. The molecule has 0 radical (unpaired) electrons. The Morgan fingerprint density at radius 3 is 2.27 bits per heavy atom. The number of carboxylic acids is 1. The van der Waals surface area contributed by atoms with Crippen LogP contribution in [0.2, 0.25) is 5.02 Å². The molecule has 2 aromatic rings. The van der Waals surface area contributed by atoms with E-state index in [9.17, 15) is 9.90 Å². The first-order valence-corrected chi connectivity index (χ1v) is 7.78. The number of thioether (sulfide) groups is 1. The van der Waals surface area contributed by atoms with Crippen molar-refractivity contribution >= 4 is 29.3 Å². The van der Waals surface area contributed by atoms with Crippen molar-refractivity contribution in [1.29, 1.82) is 0 Å². The number of aromatic carboxylic acids is 1. The van der Waals surface area contributed by atoms with Crippen LogP contribution < -0.4 is 9.47 Å². The lowest BCUT2D eigenvalue weighted by molar-refractivity contribution is 0.0692. The van der Waals surface area contributed by atoms with Gasteiger partial charge < -0.3 is 14.6 Å². The standard InChI is InChI=1S/C16H15ClO4S/c1-20-13-7-12(16(18)19)15(8-14(13)21-2)22-9-10-3-5-11(17)6-4-10/h3-8H,9H2,1-2H3,(H,18,19). The maximum Gasteiger partial charge on any atom is 0.336 e. The molecule has 0 atom stereocenters. The number of benzene rings is 2. The molecule has 2 rings (SSSR count). The third kappa shape index (κ3) is 3.87. The number of carboxylic acid groups (broad SMARTS) is 1. The Labute approximate surface area is 138 Å². The van der Waals surface area contributed by atoms with E-state index in [1.807, 2.05) is 24.3 Å². The SMILES string of the molecule is COc1cc(SCc2ccc(Cl)cc2)c(C(=O)O)cc1OC. The predicted octanol–water partition coefficient (Wildman–Crippen LogP) is 4.35. The maximum absolute atomic E-state index is 11.4. The minimum Gasteiger partial charge on any atom is -0.493 e. The molecular formula is C16H15ClO4S. The summed E-state index contributed by atoms with van der Waals surface area (Å²) in [6.07, 6.45) is 0. The zero-order valence-corrected chi connectivity index (χ0v) is 13.7. The molecule has 0 aliphatic heterocycles. The summed E-state index contributed by atoms with van der Waals surface area (Å²) >= 11 is 7.28. The molecule has 0 aliphatic carbocycles. The third-order valence-electron chi connectivity index (χ3n) is 3.02. The highest BCUT2D eigenvalue weighted by atomic mass is 35.5. The van der Waals surface area contributed by atoms with Crippen molar-refractivity contribution in [2.45, 2.75) is 10.6 Å². The maximum atomic E-state index is 11.4. The second-order valence-electron chi connectivity index (χ2n) is 4.42. The fourth-order valence-electron chi connectivity index (χ4n) is 1.89. The number of ether oxygens (including phenoxy) is 2. The van der Waals surface area contributed by atoms with Crippen molar-refractivity contribution in [3.05, 3.63) is 52.5 Å². The van der Waals surface area contributed by atoms with E-state index in [1.54, 1.807) is 6.07 Å².